The highest BCUT2D eigenvalue weighted by Gasteiger charge is 2.11. The minimum absolute atomic E-state index is 0.397. The van der Waals surface area contributed by atoms with Crippen LogP contribution < -0.4 is 10.1 Å². The van der Waals surface area contributed by atoms with Gasteiger partial charge in [0.2, 0.25) is 5.88 Å². The maximum Gasteiger partial charge on any atom is 0.246 e. The largest absolute Gasteiger partial charge is 0.437 e. The van der Waals surface area contributed by atoms with Crippen LogP contribution in [0.1, 0.15) is 5.69 Å². The van der Waals surface area contributed by atoms with Gasteiger partial charge in [-0.25, -0.2) is 29.9 Å². The summed E-state index contributed by atoms with van der Waals surface area (Å²) in [6.07, 6.45) is 9.62. The molecule has 10 heteroatoms. The van der Waals surface area contributed by atoms with Crippen LogP contribution in [0.25, 0.3) is 21.5 Å². The van der Waals surface area contributed by atoms with Crippen molar-refractivity contribution < 1.29 is 4.74 Å². The van der Waals surface area contributed by atoms with Gasteiger partial charge < -0.3 is 10.1 Å². The van der Waals surface area contributed by atoms with Crippen molar-refractivity contribution in [2.75, 3.05) is 5.32 Å². The Hall–Kier alpha value is -5.27. The number of nitriles is 1. The van der Waals surface area contributed by atoms with Crippen LogP contribution in [0.2, 0.25) is 0 Å². The molecule has 6 aromatic rings. The van der Waals surface area contributed by atoms with E-state index < -0.39 is 0 Å². The molecular formula is C27H18N8OS. The predicted octanol–water partition coefficient (Wildman–Crippen LogP) is 6.03. The first-order chi connectivity index (χ1) is 18.3. The van der Waals surface area contributed by atoms with Gasteiger partial charge in [0.05, 0.1) is 10.2 Å². The first kappa shape index (κ1) is 23.5. The summed E-state index contributed by atoms with van der Waals surface area (Å²) in [5.74, 6) is 1.05. The quantitative estimate of drug-likeness (QED) is 0.301. The topological polar surface area (TPSA) is 122 Å². The lowest BCUT2D eigenvalue weighted by Crippen LogP contribution is -1.95. The van der Waals surface area contributed by atoms with E-state index in [1.807, 2.05) is 48.5 Å². The summed E-state index contributed by atoms with van der Waals surface area (Å²) in [4.78, 5) is 25.0. The summed E-state index contributed by atoms with van der Waals surface area (Å²) in [7, 11) is 0. The van der Waals surface area contributed by atoms with Crippen molar-refractivity contribution in [3.05, 3.63) is 110 Å². The molecule has 0 radical (unpaired) electrons. The van der Waals surface area contributed by atoms with Crippen molar-refractivity contribution in [2.24, 2.45) is 0 Å². The van der Waals surface area contributed by atoms with Gasteiger partial charge in [0.1, 0.15) is 29.5 Å². The Morgan fingerprint density at radius 1 is 0.811 bits per heavy atom. The zero-order chi connectivity index (χ0) is 25.3. The van der Waals surface area contributed by atoms with Crippen molar-refractivity contribution in [1.82, 2.24) is 29.9 Å². The van der Waals surface area contributed by atoms with E-state index in [0.717, 1.165) is 26.6 Å². The molecule has 0 saturated carbocycles. The van der Waals surface area contributed by atoms with E-state index in [0.29, 0.717) is 23.0 Å². The molecular weight excluding hydrogens is 484 g/mol. The molecule has 4 heterocycles. The Morgan fingerprint density at radius 3 is 2.32 bits per heavy atom. The number of anilines is 2. The summed E-state index contributed by atoms with van der Waals surface area (Å²) >= 11 is 1.61. The van der Waals surface area contributed by atoms with Gasteiger partial charge in [-0.1, -0.05) is 29.5 Å². The number of thiazole rings is 1. The Balaban J connectivity index is 0.000000301. The molecule has 9 nitrogen and oxygen atoms in total. The zero-order valence-electron chi connectivity index (χ0n) is 19.3. The van der Waals surface area contributed by atoms with Crippen molar-refractivity contribution in [1.29, 1.82) is 5.26 Å². The molecule has 0 amide bonds. The van der Waals surface area contributed by atoms with Gasteiger partial charge in [-0.2, -0.15) is 5.26 Å². The number of pyridine rings is 1. The molecule has 0 unspecified atom stereocenters. The van der Waals surface area contributed by atoms with Crippen LogP contribution >= 0.6 is 11.3 Å². The van der Waals surface area contributed by atoms with E-state index in [1.54, 1.807) is 60.5 Å². The van der Waals surface area contributed by atoms with Crippen LogP contribution in [0.4, 0.5) is 10.8 Å². The first-order valence-electron chi connectivity index (χ1n) is 11.1. The summed E-state index contributed by atoms with van der Waals surface area (Å²) in [6.45, 7) is 0. The minimum atomic E-state index is 0.397. The molecule has 0 aliphatic heterocycles. The maximum atomic E-state index is 8.23. The molecule has 37 heavy (non-hydrogen) atoms. The second kappa shape index (κ2) is 11.4. The molecule has 0 spiro atoms. The van der Waals surface area contributed by atoms with E-state index >= 15 is 0 Å². The summed E-state index contributed by atoms with van der Waals surface area (Å²) in [6, 6.07) is 22.8. The lowest BCUT2D eigenvalue weighted by molar-refractivity contribution is 0.462. The van der Waals surface area contributed by atoms with Crippen molar-refractivity contribution >= 4 is 32.4 Å². The number of fused-ring (bicyclic) bond motifs is 1. The number of hydrogen-bond acceptors (Lipinski definition) is 10. The van der Waals surface area contributed by atoms with Gasteiger partial charge in [0, 0.05) is 42.2 Å². The molecule has 0 saturated heterocycles. The van der Waals surface area contributed by atoms with E-state index in [2.05, 4.69) is 41.3 Å². The number of para-hydroxylation sites is 1. The van der Waals surface area contributed by atoms with Gasteiger partial charge in [-0.15, -0.1) is 0 Å². The lowest BCUT2D eigenvalue weighted by atomic mass is 10.2. The van der Waals surface area contributed by atoms with E-state index in [9.17, 15) is 0 Å². The Labute approximate surface area is 216 Å². The summed E-state index contributed by atoms with van der Waals surface area (Å²) in [5, 5.41) is 12.4. The number of benzene rings is 2. The molecule has 0 fully saturated rings. The molecule has 0 aliphatic carbocycles. The van der Waals surface area contributed by atoms with Crippen LogP contribution in [-0.2, 0) is 0 Å². The second-order valence-electron chi connectivity index (χ2n) is 7.40. The second-order valence-corrected chi connectivity index (χ2v) is 8.43. The van der Waals surface area contributed by atoms with Gasteiger partial charge >= 0.3 is 0 Å². The van der Waals surface area contributed by atoms with Gasteiger partial charge in [0.25, 0.3) is 0 Å². The molecule has 0 aliphatic rings. The number of rotatable bonds is 5. The molecule has 4 aromatic heterocycles. The fraction of sp³-hybridized carbons (Fsp3) is 0. The third kappa shape index (κ3) is 6.05. The normalized spacial score (nSPS) is 10.1. The van der Waals surface area contributed by atoms with Crippen LogP contribution in [0.3, 0.4) is 0 Å². The summed E-state index contributed by atoms with van der Waals surface area (Å²) < 4.78 is 7.10. The number of nitrogens with one attached hydrogen (secondary N) is 1. The molecule has 1 N–H and O–H groups in total. The maximum absolute atomic E-state index is 8.23. The Morgan fingerprint density at radius 2 is 1.59 bits per heavy atom. The lowest BCUT2D eigenvalue weighted by Gasteiger charge is -2.09. The van der Waals surface area contributed by atoms with Crippen LogP contribution in [0.15, 0.2) is 104 Å². The third-order valence-corrected chi connectivity index (χ3v) is 5.84. The summed E-state index contributed by atoms with van der Waals surface area (Å²) in [5.41, 5.74) is 3.70. The van der Waals surface area contributed by atoms with Gasteiger partial charge in [-0.05, 0) is 48.5 Å². The molecule has 6 rings (SSSR count). The van der Waals surface area contributed by atoms with E-state index in [-0.39, 0.29) is 0 Å². The monoisotopic (exact) mass is 502 g/mol. The fourth-order valence-corrected chi connectivity index (χ4v) is 4.10. The fourth-order valence-electron chi connectivity index (χ4n) is 3.22. The average molecular weight is 503 g/mol. The van der Waals surface area contributed by atoms with Crippen LogP contribution in [0.5, 0.6) is 11.6 Å². The average Bonchev–Trinajstić information content (AvgIpc) is 3.38. The number of hydrogen-bond donors (Lipinski definition) is 1. The first-order valence-corrected chi connectivity index (χ1v) is 11.9. The SMILES string of the molecule is N#Cc1ccccn1.c1ccc2sc(Nc3ccc(Oc4nccnc4-c4cncnc4)cc3)nc2c1. The molecule has 0 atom stereocenters. The molecule has 2 aromatic carbocycles. The predicted molar refractivity (Wildman–Crippen MR) is 141 cm³/mol. The van der Waals surface area contributed by atoms with Crippen molar-refractivity contribution in [3.63, 3.8) is 0 Å². The number of nitrogens with zero attached hydrogens (tertiary/aromatic N) is 7. The smallest absolute Gasteiger partial charge is 0.246 e. The number of aromatic nitrogens is 6. The highest BCUT2D eigenvalue weighted by molar-refractivity contribution is 7.22. The van der Waals surface area contributed by atoms with Crippen molar-refractivity contribution in [3.8, 4) is 29.0 Å². The van der Waals surface area contributed by atoms with E-state index in [4.69, 9.17) is 10.00 Å². The zero-order valence-corrected chi connectivity index (χ0v) is 20.1. The number of ether oxygens (including phenoxy) is 1. The highest BCUT2D eigenvalue weighted by Crippen LogP contribution is 2.31. The molecule has 0 bridgehead atoms. The van der Waals surface area contributed by atoms with Crippen LogP contribution in [-0.4, -0.2) is 29.9 Å². The minimum Gasteiger partial charge on any atom is -0.437 e. The standard InChI is InChI=1S/C21H14N6OS.C6H4N2/c1-2-4-18-17(3-1)27-21(29-18)26-15-5-7-16(8-6-15)28-20-19(24-9-10-25-20)14-11-22-13-23-12-14;7-5-6-3-1-2-4-8-6/h1-13H,(H,26,27);1-4H. The van der Waals surface area contributed by atoms with Gasteiger partial charge in [-0.3, -0.25) is 0 Å². The van der Waals surface area contributed by atoms with Crippen molar-refractivity contribution in [2.45, 2.75) is 0 Å². The Bertz CT molecular complexity index is 1600. The Kier molecular flexibility index (Phi) is 7.26. The highest BCUT2D eigenvalue weighted by atomic mass is 32.1. The van der Waals surface area contributed by atoms with Crippen LogP contribution in [0, 0.1) is 11.3 Å². The van der Waals surface area contributed by atoms with E-state index in [1.165, 1.54) is 6.33 Å². The van der Waals surface area contributed by atoms with Gasteiger partial charge in [0.15, 0.2) is 5.13 Å². The molecule has 178 valence electrons. The third-order valence-electron chi connectivity index (χ3n) is 4.89.